The summed E-state index contributed by atoms with van der Waals surface area (Å²) >= 11 is 0. The van der Waals surface area contributed by atoms with Crippen molar-refractivity contribution in [3.63, 3.8) is 0 Å². The average molecular weight is 183 g/mol. The van der Waals surface area contributed by atoms with Crippen molar-refractivity contribution in [3.8, 4) is 0 Å². The van der Waals surface area contributed by atoms with E-state index in [4.69, 9.17) is 5.73 Å². The molecule has 4 heteroatoms. The molecular formula is C9H17N3O. The average Bonchev–Trinajstić information content (AvgIpc) is 2.53. The van der Waals surface area contributed by atoms with Crippen LogP contribution in [-0.4, -0.2) is 35.8 Å². The molecule has 0 aromatic heterocycles. The fourth-order valence-electron chi connectivity index (χ4n) is 1.56. The van der Waals surface area contributed by atoms with Gasteiger partial charge in [0.15, 0.2) is 0 Å². The van der Waals surface area contributed by atoms with Crippen LogP contribution in [0, 0.1) is 0 Å². The molecule has 0 radical (unpaired) electrons. The summed E-state index contributed by atoms with van der Waals surface area (Å²) in [6, 6.07) is -0.317. The summed E-state index contributed by atoms with van der Waals surface area (Å²) in [5.74, 6) is 0.572. The lowest BCUT2D eigenvalue weighted by Gasteiger charge is -2.17. The number of amides is 1. The lowest BCUT2D eigenvalue weighted by molar-refractivity contribution is -0.131. The van der Waals surface area contributed by atoms with Gasteiger partial charge in [0.2, 0.25) is 5.91 Å². The summed E-state index contributed by atoms with van der Waals surface area (Å²) in [5, 5.41) is 0. The number of hydrogen-bond acceptors (Lipinski definition) is 2. The number of nitrogens with zero attached hydrogens (tertiary/aromatic N) is 2. The minimum atomic E-state index is -0.317. The summed E-state index contributed by atoms with van der Waals surface area (Å²) in [4.78, 5) is 17.5. The van der Waals surface area contributed by atoms with E-state index in [1.54, 1.807) is 13.8 Å². The van der Waals surface area contributed by atoms with Crippen LogP contribution < -0.4 is 5.73 Å². The Balaban J connectivity index is 2.51. The number of nitrogens with two attached hydrogens (primary N) is 1. The minimum Gasteiger partial charge on any atom is -0.388 e. The second-order valence-electron chi connectivity index (χ2n) is 3.48. The van der Waals surface area contributed by atoms with Gasteiger partial charge in [0.1, 0.15) is 6.04 Å². The van der Waals surface area contributed by atoms with Crippen LogP contribution in [0.5, 0.6) is 0 Å². The number of carbonyl (C=O) groups is 1. The predicted octanol–water partition coefficient (Wildman–Crippen LogP) is 0.374. The van der Waals surface area contributed by atoms with Gasteiger partial charge in [-0.05, 0) is 26.7 Å². The van der Waals surface area contributed by atoms with Gasteiger partial charge < -0.3 is 10.6 Å². The van der Waals surface area contributed by atoms with Gasteiger partial charge in [0.25, 0.3) is 0 Å². The molecule has 1 unspecified atom stereocenters. The van der Waals surface area contributed by atoms with Gasteiger partial charge in [0, 0.05) is 13.1 Å². The highest BCUT2D eigenvalue weighted by molar-refractivity contribution is 5.86. The van der Waals surface area contributed by atoms with Crippen LogP contribution in [0.3, 0.4) is 0 Å². The van der Waals surface area contributed by atoms with E-state index in [9.17, 15) is 4.79 Å². The number of carbonyl (C=O) groups excluding carboxylic acids is 1. The Morgan fingerprint density at radius 1 is 1.46 bits per heavy atom. The zero-order chi connectivity index (χ0) is 9.84. The van der Waals surface area contributed by atoms with Crippen molar-refractivity contribution < 1.29 is 4.79 Å². The molecule has 13 heavy (non-hydrogen) atoms. The summed E-state index contributed by atoms with van der Waals surface area (Å²) in [7, 11) is 0. The molecule has 0 saturated carbocycles. The monoisotopic (exact) mass is 183 g/mol. The third-order valence-electron chi connectivity index (χ3n) is 2.17. The third-order valence-corrected chi connectivity index (χ3v) is 2.17. The van der Waals surface area contributed by atoms with Gasteiger partial charge in [-0.25, -0.2) is 0 Å². The predicted molar refractivity (Wildman–Crippen MR) is 52.6 cm³/mol. The summed E-state index contributed by atoms with van der Waals surface area (Å²) in [5.41, 5.74) is 5.41. The molecule has 0 bridgehead atoms. The van der Waals surface area contributed by atoms with Gasteiger partial charge in [-0.1, -0.05) is 0 Å². The van der Waals surface area contributed by atoms with E-state index in [0.29, 0.717) is 5.84 Å². The highest BCUT2D eigenvalue weighted by Crippen LogP contribution is 2.10. The van der Waals surface area contributed by atoms with E-state index in [0.717, 1.165) is 25.9 Å². The Hall–Kier alpha value is -1.06. The lowest BCUT2D eigenvalue weighted by Crippen LogP contribution is -2.35. The number of hydrogen-bond donors (Lipinski definition) is 1. The molecule has 0 aromatic rings. The zero-order valence-corrected chi connectivity index (χ0v) is 8.29. The SMILES string of the molecule is CC(N)=NC(C)C(=O)N1CCCC1. The maximum atomic E-state index is 11.6. The highest BCUT2D eigenvalue weighted by Gasteiger charge is 2.22. The van der Waals surface area contributed by atoms with Crippen molar-refractivity contribution >= 4 is 11.7 Å². The Morgan fingerprint density at radius 3 is 2.46 bits per heavy atom. The second kappa shape index (κ2) is 4.25. The number of likely N-dealkylation sites (tertiary alicyclic amines) is 1. The molecule has 0 spiro atoms. The van der Waals surface area contributed by atoms with Crippen LogP contribution >= 0.6 is 0 Å². The molecule has 1 heterocycles. The molecular weight excluding hydrogens is 166 g/mol. The molecule has 4 nitrogen and oxygen atoms in total. The van der Waals surface area contributed by atoms with E-state index in [2.05, 4.69) is 4.99 Å². The van der Waals surface area contributed by atoms with Crippen molar-refractivity contribution in [1.29, 1.82) is 0 Å². The van der Waals surface area contributed by atoms with Gasteiger partial charge in [0.05, 0.1) is 5.84 Å². The first-order valence-corrected chi connectivity index (χ1v) is 4.70. The quantitative estimate of drug-likeness (QED) is 0.497. The van der Waals surface area contributed by atoms with E-state index in [1.807, 2.05) is 4.90 Å². The van der Waals surface area contributed by atoms with E-state index < -0.39 is 0 Å². The molecule has 2 N–H and O–H groups in total. The maximum absolute atomic E-state index is 11.6. The van der Waals surface area contributed by atoms with Gasteiger partial charge in [-0.2, -0.15) is 0 Å². The second-order valence-corrected chi connectivity index (χ2v) is 3.48. The fraction of sp³-hybridized carbons (Fsp3) is 0.778. The van der Waals surface area contributed by atoms with Crippen LogP contribution in [-0.2, 0) is 4.79 Å². The van der Waals surface area contributed by atoms with E-state index in [-0.39, 0.29) is 11.9 Å². The molecule has 0 aromatic carbocycles. The molecule has 1 fully saturated rings. The van der Waals surface area contributed by atoms with Crippen molar-refractivity contribution in [2.24, 2.45) is 10.7 Å². The first-order valence-electron chi connectivity index (χ1n) is 4.70. The molecule has 74 valence electrons. The molecule has 1 amide bonds. The smallest absolute Gasteiger partial charge is 0.247 e. The van der Waals surface area contributed by atoms with Crippen molar-refractivity contribution in [3.05, 3.63) is 0 Å². The molecule has 1 rings (SSSR count). The van der Waals surface area contributed by atoms with Crippen LogP contribution in [0.1, 0.15) is 26.7 Å². The molecule has 1 aliphatic heterocycles. The van der Waals surface area contributed by atoms with Crippen LogP contribution in [0.25, 0.3) is 0 Å². The van der Waals surface area contributed by atoms with Crippen molar-refractivity contribution in [1.82, 2.24) is 4.90 Å². The largest absolute Gasteiger partial charge is 0.388 e. The fourth-order valence-corrected chi connectivity index (χ4v) is 1.56. The van der Waals surface area contributed by atoms with Crippen LogP contribution in [0.4, 0.5) is 0 Å². The van der Waals surface area contributed by atoms with Crippen molar-refractivity contribution in [2.45, 2.75) is 32.7 Å². The highest BCUT2D eigenvalue weighted by atomic mass is 16.2. The Morgan fingerprint density at radius 2 is 2.00 bits per heavy atom. The van der Waals surface area contributed by atoms with E-state index in [1.165, 1.54) is 0 Å². The van der Waals surface area contributed by atoms with Gasteiger partial charge in [-0.3, -0.25) is 9.79 Å². The zero-order valence-electron chi connectivity index (χ0n) is 8.29. The molecule has 1 atom stereocenters. The Kier molecular flexibility index (Phi) is 3.28. The number of amidine groups is 1. The number of aliphatic imine (C=N–C) groups is 1. The minimum absolute atomic E-state index is 0.0994. The first-order chi connectivity index (χ1) is 6.11. The summed E-state index contributed by atoms with van der Waals surface area (Å²) < 4.78 is 0. The maximum Gasteiger partial charge on any atom is 0.247 e. The Bertz CT molecular complexity index is 215. The third kappa shape index (κ3) is 2.72. The van der Waals surface area contributed by atoms with Gasteiger partial charge >= 0.3 is 0 Å². The van der Waals surface area contributed by atoms with Crippen LogP contribution in [0.2, 0.25) is 0 Å². The standard InChI is InChI=1S/C9H17N3O/c1-7(11-8(2)10)9(13)12-5-3-4-6-12/h7H,3-6H2,1-2H3,(H2,10,11). The van der Waals surface area contributed by atoms with Gasteiger partial charge in [-0.15, -0.1) is 0 Å². The van der Waals surface area contributed by atoms with Crippen LogP contribution in [0.15, 0.2) is 4.99 Å². The topological polar surface area (TPSA) is 58.7 Å². The molecule has 1 aliphatic rings. The Labute approximate surface area is 78.8 Å². The van der Waals surface area contributed by atoms with E-state index >= 15 is 0 Å². The number of rotatable bonds is 2. The van der Waals surface area contributed by atoms with Crippen molar-refractivity contribution in [2.75, 3.05) is 13.1 Å². The summed E-state index contributed by atoms with van der Waals surface area (Å²) in [6.07, 6.45) is 2.23. The first kappa shape index (κ1) is 10.0. The normalized spacial score (nSPS) is 20.5. The summed E-state index contributed by atoms with van der Waals surface area (Å²) in [6.45, 7) is 5.25. The molecule has 0 aliphatic carbocycles. The molecule has 1 saturated heterocycles. The lowest BCUT2D eigenvalue weighted by atomic mass is 10.3.